The molecule has 2 atom stereocenters. The summed E-state index contributed by atoms with van der Waals surface area (Å²) < 4.78 is 5.55. The Morgan fingerprint density at radius 3 is 3.13 bits per heavy atom. The number of rotatable bonds is 2. The fourth-order valence-corrected chi connectivity index (χ4v) is 1.80. The van der Waals surface area contributed by atoms with Crippen molar-refractivity contribution >= 4 is 5.82 Å². The Morgan fingerprint density at radius 2 is 2.47 bits per heavy atom. The Bertz CT molecular complexity index is 307. The Hall–Kier alpha value is -1.20. The zero-order chi connectivity index (χ0) is 10.7. The van der Waals surface area contributed by atoms with Crippen LogP contribution in [0.5, 0.6) is 0 Å². The van der Waals surface area contributed by atoms with Crippen LogP contribution in [-0.4, -0.2) is 47.2 Å². The van der Waals surface area contributed by atoms with Crippen LogP contribution in [0.2, 0.25) is 0 Å². The largest absolute Gasteiger partial charge is 0.394 e. The van der Waals surface area contributed by atoms with E-state index in [0.717, 1.165) is 12.4 Å². The number of ether oxygens (including phenoxy) is 1. The summed E-state index contributed by atoms with van der Waals surface area (Å²) in [5, 5.41) is 17.0. The molecule has 0 amide bonds. The third-order valence-corrected chi connectivity index (χ3v) is 2.41. The van der Waals surface area contributed by atoms with Crippen LogP contribution < -0.4 is 4.90 Å². The van der Waals surface area contributed by atoms with Crippen molar-refractivity contribution in [1.82, 2.24) is 10.2 Å². The number of aromatic nitrogens is 2. The van der Waals surface area contributed by atoms with Crippen LogP contribution in [0.15, 0.2) is 18.3 Å². The highest BCUT2D eigenvalue weighted by Gasteiger charge is 2.25. The molecule has 0 aromatic carbocycles. The van der Waals surface area contributed by atoms with E-state index in [-0.39, 0.29) is 18.8 Å². The molecule has 1 aromatic rings. The van der Waals surface area contributed by atoms with Crippen molar-refractivity contribution in [1.29, 1.82) is 0 Å². The third kappa shape index (κ3) is 2.43. The highest BCUT2D eigenvalue weighted by atomic mass is 16.5. The van der Waals surface area contributed by atoms with E-state index in [4.69, 9.17) is 9.84 Å². The summed E-state index contributed by atoms with van der Waals surface area (Å²) in [5.74, 6) is 0.839. The Morgan fingerprint density at radius 1 is 1.60 bits per heavy atom. The summed E-state index contributed by atoms with van der Waals surface area (Å²) in [5.41, 5.74) is 0. The quantitative estimate of drug-likeness (QED) is 0.746. The van der Waals surface area contributed by atoms with Gasteiger partial charge in [-0.05, 0) is 19.1 Å². The van der Waals surface area contributed by atoms with Gasteiger partial charge in [0.15, 0.2) is 5.82 Å². The molecule has 1 aromatic heterocycles. The lowest BCUT2D eigenvalue weighted by Crippen LogP contribution is -2.48. The molecule has 15 heavy (non-hydrogen) atoms. The molecule has 5 heteroatoms. The lowest BCUT2D eigenvalue weighted by Gasteiger charge is -2.36. The molecule has 2 unspecified atom stereocenters. The summed E-state index contributed by atoms with van der Waals surface area (Å²) in [6.45, 7) is 3.49. The summed E-state index contributed by atoms with van der Waals surface area (Å²) in [4.78, 5) is 2.09. The normalized spacial score (nSPS) is 26.7. The van der Waals surface area contributed by atoms with Gasteiger partial charge in [0, 0.05) is 19.3 Å². The van der Waals surface area contributed by atoms with Crippen molar-refractivity contribution in [3.8, 4) is 0 Å². The summed E-state index contributed by atoms with van der Waals surface area (Å²) in [6.07, 6.45) is 1.63. The van der Waals surface area contributed by atoms with E-state index in [9.17, 15) is 0 Å². The highest BCUT2D eigenvalue weighted by Crippen LogP contribution is 2.16. The number of morpholine rings is 1. The van der Waals surface area contributed by atoms with Gasteiger partial charge in [-0.1, -0.05) is 0 Å². The van der Waals surface area contributed by atoms with Gasteiger partial charge in [0.2, 0.25) is 0 Å². The number of hydrogen-bond acceptors (Lipinski definition) is 5. The van der Waals surface area contributed by atoms with Gasteiger partial charge in [-0.25, -0.2) is 0 Å². The summed E-state index contributed by atoms with van der Waals surface area (Å²) in [6, 6.07) is 3.77. The zero-order valence-corrected chi connectivity index (χ0v) is 8.71. The molecule has 1 N–H and O–H groups in total. The maximum atomic E-state index is 9.09. The standard InChI is InChI=1S/C10H15N3O2/c1-8-5-13(6-9(7-14)15-8)10-3-2-4-11-12-10/h2-4,8-9,14H,5-7H2,1H3. The molecule has 2 rings (SSSR count). The maximum absolute atomic E-state index is 9.09. The van der Waals surface area contributed by atoms with Crippen molar-refractivity contribution in [3.05, 3.63) is 18.3 Å². The van der Waals surface area contributed by atoms with E-state index in [1.807, 2.05) is 19.1 Å². The SMILES string of the molecule is CC1CN(c2cccnn2)CC(CO)O1. The summed E-state index contributed by atoms with van der Waals surface area (Å²) in [7, 11) is 0. The first kappa shape index (κ1) is 10.3. The second-order valence-corrected chi connectivity index (χ2v) is 3.74. The fraction of sp³-hybridized carbons (Fsp3) is 0.600. The Balaban J connectivity index is 2.09. The first-order valence-electron chi connectivity index (χ1n) is 5.08. The van der Waals surface area contributed by atoms with E-state index in [1.54, 1.807) is 6.20 Å². The minimum Gasteiger partial charge on any atom is -0.394 e. The van der Waals surface area contributed by atoms with Crippen LogP contribution in [0.3, 0.4) is 0 Å². The van der Waals surface area contributed by atoms with Crippen molar-refractivity contribution < 1.29 is 9.84 Å². The van der Waals surface area contributed by atoms with Crippen LogP contribution in [0.4, 0.5) is 5.82 Å². The predicted octanol–water partition coefficient (Wildman–Crippen LogP) is 0.0626. The number of aliphatic hydroxyl groups excluding tert-OH is 1. The molecule has 1 fully saturated rings. The number of nitrogens with zero attached hydrogens (tertiary/aromatic N) is 3. The molecule has 2 heterocycles. The predicted molar refractivity (Wildman–Crippen MR) is 55.7 cm³/mol. The van der Waals surface area contributed by atoms with Gasteiger partial charge in [0.05, 0.1) is 18.8 Å². The highest BCUT2D eigenvalue weighted by molar-refractivity contribution is 5.37. The molecular formula is C10H15N3O2. The molecule has 5 nitrogen and oxygen atoms in total. The van der Waals surface area contributed by atoms with Gasteiger partial charge in [-0.3, -0.25) is 0 Å². The van der Waals surface area contributed by atoms with E-state index in [1.165, 1.54) is 0 Å². The first-order chi connectivity index (χ1) is 7.29. The van der Waals surface area contributed by atoms with Crippen molar-refractivity contribution in [2.24, 2.45) is 0 Å². The van der Waals surface area contributed by atoms with Crippen molar-refractivity contribution in [2.45, 2.75) is 19.1 Å². The molecule has 1 aliphatic rings. The van der Waals surface area contributed by atoms with Gasteiger partial charge >= 0.3 is 0 Å². The van der Waals surface area contributed by atoms with Crippen LogP contribution >= 0.6 is 0 Å². The van der Waals surface area contributed by atoms with Crippen LogP contribution in [-0.2, 0) is 4.74 Å². The summed E-state index contributed by atoms with van der Waals surface area (Å²) >= 11 is 0. The first-order valence-corrected chi connectivity index (χ1v) is 5.08. The van der Waals surface area contributed by atoms with E-state index in [0.29, 0.717) is 6.54 Å². The van der Waals surface area contributed by atoms with Gasteiger partial charge in [0.25, 0.3) is 0 Å². The Kier molecular flexibility index (Phi) is 3.13. The van der Waals surface area contributed by atoms with Gasteiger partial charge in [-0.15, -0.1) is 5.10 Å². The average Bonchev–Trinajstić information content (AvgIpc) is 2.29. The van der Waals surface area contributed by atoms with Crippen molar-refractivity contribution in [2.75, 3.05) is 24.6 Å². The third-order valence-electron chi connectivity index (χ3n) is 2.41. The van der Waals surface area contributed by atoms with Gasteiger partial charge in [0.1, 0.15) is 0 Å². The molecule has 1 aliphatic heterocycles. The monoisotopic (exact) mass is 209 g/mol. The van der Waals surface area contributed by atoms with Crippen LogP contribution in [0.25, 0.3) is 0 Å². The minimum absolute atomic E-state index is 0.0428. The molecule has 0 aliphatic carbocycles. The minimum atomic E-state index is -0.129. The topological polar surface area (TPSA) is 58.5 Å². The van der Waals surface area contributed by atoms with Gasteiger partial charge in [-0.2, -0.15) is 5.10 Å². The molecule has 0 bridgehead atoms. The van der Waals surface area contributed by atoms with E-state index in [2.05, 4.69) is 15.1 Å². The maximum Gasteiger partial charge on any atom is 0.151 e. The molecular weight excluding hydrogens is 194 g/mol. The lowest BCUT2D eigenvalue weighted by molar-refractivity contribution is -0.0423. The second kappa shape index (κ2) is 4.55. The van der Waals surface area contributed by atoms with Crippen molar-refractivity contribution in [3.63, 3.8) is 0 Å². The Labute approximate surface area is 88.7 Å². The molecule has 0 radical (unpaired) electrons. The van der Waals surface area contributed by atoms with E-state index < -0.39 is 0 Å². The number of hydrogen-bond donors (Lipinski definition) is 1. The number of anilines is 1. The second-order valence-electron chi connectivity index (χ2n) is 3.74. The molecule has 82 valence electrons. The fourth-order valence-electron chi connectivity index (χ4n) is 1.80. The lowest BCUT2D eigenvalue weighted by atomic mass is 10.2. The molecule has 0 saturated carbocycles. The van der Waals surface area contributed by atoms with Gasteiger partial charge < -0.3 is 14.7 Å². The molecule has 1 saturated heterocycles. The van der Waals surface area contributed by atoms with E-state index >= 15 is 0 Å². The number of aliphatic hydroxyl groups is 1. The molecule has 0 spiro atoms. The zero-order valence-electron chi connectivity index (χ0n) is 8.71. The smallest absolute Gasteiger partial charge is 0.151 e. The van der Waals surface area contributed by atoms with Crippen LogP contribution in [0, 0.1) is 0 Å². The average molecular weight is 209 g/mol. The van der Waals surface area contributed by atoms with Crippen LogP contribution in [0.1, 0.15) is 6.92 Å².